The van der Waals surface area contributed by atoms with Crippen LogP contribution in [0.5, 0.6) is 0 Å². The number of piperidine rings is 1. The molecule has 1 heterocycles. The number of thioether (sulfide) groups is 1. The number of nitrogens with one attached hydrogen (secondary N) is 1. The van der Waals surface area contributed by atoms with Crippen molar-refractivity contribution in [1.82, 2.24) is 10.2 Å². The summed E-state index contributed by atoms with van der Waals surface area (Å²) in [6, 6.07) is 9.21. The van der Waals surface area contributed by atoms with E-state index in [1.165, 1.54) is 11.8 Å². The second-order valence-corrected chi connectivity index (χ2v) is 6.82. The van der Waals surface area contributed by atoms with E-state index in [2.05, 4.69) is 17.3 Å². The van der Waals surface area contributed by atoms with Gasteiger partial charge < -0.3 is 10.2 Å². The van der Waals surface area contributed by atoms with Crippen LogP contribution in [-0.2, 0) is 4.79 Å². The van der Waals surface area contributed by atoms with E-state index < -0.39 is 0 Å². The third-order valence-electron chi connectivity index (χ3n) is 3.99. The molecule has 5 heteroatoms. The molecule has 120 valence electrons. The summed E-state index contributed by atoms with van der Waals surface area (Å²) < 4.78 is 0. The lowest BCUT2D eigenvalue weighted by Gasteiger charge is -2.28. The first-order valence-electron chi connectivity index (χ1n) is 7.76. The number of nitrogens with zero attached hydrogens (tertiary/aromatic N) is 1. The number of ketones is 1. The number of hydrogen-bond donors (Lipinski definition) is 1. The Balaban J connectivity index is 1.59. The van der Waals surface area contributed by atoms with Gasteiger partial charge in [0.25, 0.3) is 0 Å². The van der Waals surface area contributed by atoms with E-state index >= 15 is 0 Å². The molecule has 1 aliphatic rings. The van der Waals surface area contributed by atoms with Crippen LogP contribution in [0.1, 0.15) is 23.2 Å². The molecule has 1 N–H and O–H groups in total. The van der Waals surface area contributed by atoms with Crippen LogP contribution in [0.4, 0.5) is 0 Å². The highest BCUT2D eigenvalue weighted by atomic mass is 32.2. The average Bonchev–Trinajstić information content (AvgIpc) is 2.55. The zero-order valence-corrected chi connectivity index (χ0v) is 13.9. The Bertz CT molecular complexity index is 485. The Morgan fingerprint density at radius 2 is 1.86 bits per heavy atom. The maximum Gasteiger partial charge on any atom is 0.230 e. The number of rotatable bonds is 7. The monoisotopic (exact) mass is 320 g/mol. The van der Waals surface area contributed by atoms with Gasteiger partial charge in [0, 0.05) is 12.1 Å². The molecular formula is C17H24N2O2S. The van der Waals surface area contributed by atoms with Crippen molar-refractivity contribution in [1.29, 1.82) is 0 Å². The second-order valence-electron chi connectivity index (χ2n) is 5.83. The van der Waals surface area contributed by atoms with Crippen molar-refractivity contribution in [2.24, 2.45) is 5.92 Å². The number of hydrogen-bond acceptors (Lipinski definition) is 4. The van der Waals surface area contributed by atoms with Crippen LogP contribution in [-0.4, -0.2) is 54.8 Å². The number of likely N-dealkylation sites (tertiary alicyclic amines) is 1. The van der Waals surface area contributed by atoms with Crippen LogP contribution in [0.3, 0.4) is 0 Å². The highest BCUT2D eigenvalue weighted by molar-refractivity contribution is 8.00. The minimum Gasteiger partial charge on any atom is -0.355 e. The molecule has 1 aliphatic heterocycles. The lowest BCUT2D eigenvalue weighted by Crippen LogP contribution is -2.37. The van der Waals surface area contributed by atoms with Gasteiger partial charge in [-0.3, -0.25) is 9.59 Å². The fourth-order valence-electron chi connectivity index (χ4n) is 2.52. The number of carbonyl (C=O) groups is 2. The van der Waals surface area contributed by atoms with E-state index in [4.69, 9.17) is 0 Å². The smallest absolute Gasteiger partial charge is 0.230 e. The van der Waals surface area contributed by atoms with Crippen molar-refractivity contribution in [2.45, 2.75) is 12.8 Å². The Hall–Kier alpha value is -1.33. The van der Waals surface area contributed by atoms with Gasteiger partial charge in [-0.15, -0.1) is 11.8 Å². The summed E-state index contributed by atoms with van der Waals surface area (Å²) in [5, 5.41) is 2.99. The van der Waals surface area contributed by atoms with Crippen molar-refractivity contribution in [3.05, 3.63) is 35.9 Å². The van der Waals surface area contributed by atoms with E-state index in [1.807, 2.05) is 30.3 Å². The third kappa shape index (κ3) is 5.81. The van der Waals surface area contributed by atoms with Crippen LogP contribution >= 0.6 is 11.8 Å². The summed E-state index contributed by atoms with van der Waals surface area (Å²) in [5.41, 5.74) is 0.710. The van der Waals surface area contributed by atoms with E-state index in [0.717, 1.165) is 32.5 Å². The third-order valence-corrected chi connectivity index (χ3v) is 4.92. The Morgan fingerprint density at radius 3 is 2.55 bits per heavy atom. The minimum atomic E-state index is 0.0322. The van der Waals surface area contributed by atoms with Gasteiger partial charge in [-0.05, 0) is 38.9 Å². The average molecular weight is 320 g/mol. The molecule has 1 amide bonds. The van der Waals surface area contributed by atoms with E-state index in [1.54, 1.807) is 0 Å². The van der Waals surface area contributed by atoms with Crippen LogP contribution in [0.15, 0.2) is 30.3 Å². The van der Waals surface area contributed by atoms with Gasteiger partial charge in [-0.2, -0.15) is 0 Å². The van der Waals surface area contributed by atoms with Crippen LogP contribution in [0.25, 0.3) is 0 Å². The Labute approximate surface area is 136 Å². The molecule has 0 saturated carbocycles. The maximum absolute atomic E-state index is 11.9. The Morgan fingerprint density at radius 1 is 1.18 bits per heavy atom. The molecule has 0 spiro atoms. The summed E-state index contributed by atoms with van der Waals surface area (Å²) in [6.45, 7) is 2.99. The van der Waals surface area contributed by atoms with E-state index in [9.17, 15) is 9.59 Å². The summed E-state index contributed by atoms with van der Waals surface area (Å²) in [4.78, 5) is 26.0. The summed E-state index contributed by atoms with van der Waals surface area (Å²) in [7, 11) is 2.13. The van der Waals surface area contributed by atoms with Gasteiger partial charge in [0.15, 0.2) is 5.78 Å². The largest absolute Gasteiger partial charge is 0.355 e. The highest BCUT2D eigenvalue weighted by Gasteiger charge is 2.17. The topological polar surface area (TPSA) is 49.4 Å². The molecule has 1 fully saturated rings. The standard InChI is InChI=1S/C17H24N2O2S/c1-19-9-7-14(8-10-19)11-18-17(21)13-22-12-16(20)15-5-3-2-4-6-15/h2-6,14H,7-13H2,1H3,(H,18,21). The molecule has 0 atom stereocenters. The van der Waals surface area contributed by atoms with Gasteiger partial charge in [-0.25, -0.2) is 0 Å². The molecule has 0 bridgehead atoms. The molecule has 2 rings (SSSR count). The molecular weight excluding hydrogens is 296 g/mol. The first-order chi connectivity index (χ1) is 10.6. The molecule has 0 aliphatic carbocycles. The first kappa shape index (κ1) is 17.0. The molecule has 22 heavy (non-hydrogen) atoms. The molecule has 1 aromatic carbocycles. The zero-order valence-electron chi connectivity index (χ0n) is 13.1. The number of carbonyl (C=O) groups excluding carboxylic acids is 2. The molecule has 1 aromatic rings. The fourth-order valence-corrected chi connectivity index (χ4v) is 3.26. The first-order valence-corrected chi connectivity index (χ1v) is 8.92. The number of benzene rings is 1. The second kappa shape index (κ2) is 8.96. The van der Waals surface area contributed by atoms with Crippen LogP contribution in [0.2, 0.25) is 0 Å². The maximum atomic E-state index is 11.9. The Kier molecular flexibility index (Phi) is 6.93. The predicted octanol–water partition coefficient (Wildman–Crippen LogP) is 2.06. The summed E-state index contributed by atoms with van der Waals surface area (Å²) in [5.74, 6) is 1.41. The van der Waals surface area contributed by atoms with Gasteiger partial charge in [-0.1, -0.05) is 30.3 Å². The van der Waals surface area contributed by atoms with Gasteiger partial charge in [0.05, 0.1) is 11.5 Å². The van der Waals surface area contributed by atoms with Crippen molar-refractivity contribution in [3.8, 4) is 0 Å². The van der Waals surface area contributed by atoms with Crippen molar-refractivity contribution >= 4 is 23.5 Å². The fraction of sp³-hybridized carbons (Fsp3) is 0.529. The van der Waals surface area contributed by atoms with Crippen molar-refractivity contribution in [3.63, 3.8) is 0 Å². The van der Waals surface area contributed by atoms with Crippen molar-refractivity contribution in [2.75, 3.05) is 38.2 Å². The lowest BCUT2D eigenvalue weighted by atomic mass is 9.97. The van der Waals surface area contributed by atoms with Gasteiger partial charge in [0.1, 0.15) is 0 Å². The van der Waals surface area contributed by atoms with Gasteiger partial charge >= 0.3 is 0 Å². The highest BCUT2D eigenvalue weighted by Crippen LogP contribution is 2.14. The van der Waals surface area contributed by atoms with Crippen LogP contribution in [0, 0.1) is 5.92 Å². The van der Waals surface area contributed by atoms with E-state index in [0.29, 0.717) is 23.0 Å². The molecule has 0 unspecified atom stereocenters. The molecule has 4 nitrogen and oxygen atoms in total. The van der Waals surface area contributed by atoms with Crippen molar-refractivity contribution < 1.29 is 9.59 Å². The normalized spacial score (nSPS) is 16.4. The SMILES string of the molecule is CN1CCC(CNC(=O)CSCC(=O)c2ccccc2)CC1. The predicted molar refractivity (Wildman–Crippen MR) is 91.3 cm³/mol. The summed E-state index contributed by atoms with van der Waals surface area (Å²) >= 11 is 1.38. The lowest BCUT2D eigenvalue weighted by molar-refractivity contribution is -0.118. The quantitative estimate of drug-likeness (QED) is 0.781. The number of Topliss-reactive ketones (excluding diaryl/α,β-unsaturated/α-hetero) is 1. The van der Waals surface area contributed by atoms with Crippen LogP contribution < -0.4 is 5.32 Å². The molecule has 0 aromatic heterocycles. The molecule has 0 radical (unpaired) electrons. The molecule has 1 saturated heterocycles. The van der Waals surface area contributed by atoms with E-state index in [-0.39, 0.29) is 11.7 Å². The summed E-state index contributed by atoms with van der Waals surface area (Å²) in [6.07, 6.45) is 2.30. The zero-order chi connectivity index (χ0) is 15.8. The van der Waals surface area contributed by atoms with Gasteiger partial charge in [0.2, 0.25) is 5.91 Å². The number of amides is 1. The minimum absolute atomic E-state index is 0.0322.